The molecule has 0 bridgehead atoms. The number of carbonyl (C=O) groups excluding carboxylic acids is 1. The van der Waals surface area contributed by atoms with Crippen molar-refractivity contribution in [2.24, 2.45) is 0 Å². The summed E-state index contributed by atoms with van der Waals surface area (Å²) < 4.78 is 22.4. The van der Waals surface area contributed by atoms with Crippen molar-refractivity contribution in [1.82, 2.24) is 9.80 Å². The van der Waals surface area contributed by atoms with Gasteiger partial charge in [0.2, 0.25) is 5.76 Å². The number of rotatable bonds is 8. The van der Waals surface area contributed by atoms with E-state index in [0.29, 0.717) is 53.5 Å². The van der Waals surface area contributed by atoms with Crippen LogP contribution in [0.4, 0.5) is 0 Å². The summed E-state index contributed by atoms with van der Waals surface area (Å²) in [6.07, 6.45) is 0. The van der Waals surface area contributed by atoms with E-state index in [0.717, 1.165) is 5.56 Å². The maximum Gasteiger partial charge on any atom is 0.290 e. The molecule has 8 heteroatoms. The van der Waals surface area contributed by atoms with Gasteiger partial charge in [-0.25, -0.2) is 0 Å². The highest BCUT2D eigenvalue weighted by Gasteiger charge is 2.42. The summed E-state index contributed by atoms with van der Waals surface area (Å²) in [6.45, 7) is 3.42. The number of likely N-dealkylation sites (N-methyl/N-ethyl adjacent to an activating group) is 1. The molecule has 0 spiro atoms. The molecule has 1 unspecified atom stereocenters. The van der Waals surface area contributed by atoms with Crippen molar-refractivity contribution in [3.05, 3.63) is 63.5 Å². The van der Waals surface area contributed by atoms with Crippen LogP contribution in [-0.2, 0) is 0 Å². The van der Waals surface area contributed by atoms with Gasteiger partial charge in [0.15, 0.2) is 16.9 Å². The third-order valence-corrected chi connectivity index (χ3v) is 5.76. The van der Waals surface area contributed by atoms with Crippen molar-refractivity contribution in [3.8, 4) is 17.2 Å². The first-order valence-electron chi connectivity index (χ1n) is 10.8. The first-order chi connectivity index (χ1) is 15.9. The molecule has 1 aliphatic heterocycles. The molecular weight excluding hydrogens is 424 g/mol. The second-order valence-electron chi connectivity index (χ2n) is 8.08. The Kier molecular flexibility index (Phi) is 6.29. The quantitative estimate of drug-likeness (QED) is 0.519. The molecule has 1 aromatic heterocycles. The van der Waals surface area contributed by atoms with E-state index < -0.39 is 6.04 Å². The van der Waals surface area contributed by atoms with Gasteiger partial charge in [0.25, 0.3) is 5.91 Å². The summed E-state index contributed by atoms with van der Waals surface area (Å²) in [5, 5.41) is 0.407. The Balaban J connectivity index is 1.91. The van der Waals surface area contributed by atoms with Crippen LogP contribution in [0.1, 0.15) is 34.6 Å². The van der Waals surface area contributed by atoms with Gasteiger partial charge in [-0.3, -0.25) is 9.59 Å². The summed E-state index contributed by atoms with van der Waals surface area (Å²) >= 11 is 0. The highest BCUT2D eigenvalue weighted by atomic mass is 16.5. The van der Waals surface area contributed by atoms with Crippen LogP contribution in [0, 0.1) is 0 Å². The number of nitrogens with zero attached hydrogens (tertiary/aromatic N) is 2. The molecule has 2 heterocycles. The van der Waals surface area contributed by atoms with E-state index in [2.05, 4.69) is 0 Å². The van der Waals surface area contributed by atoms with Crippen molar-refractivity contribution >= 4 is 16.9 Å². The van der Waals surface area contributed by atoms with Gasteiger partial charge in [-0.2, -0.15) is 0 Å². The van der Waals surface area contributed by atoms with Crippen LogP contribution in [-0.4, -0.2) is 63.7 Å². The van der Waals surface area contributed by atoms with Crippen molar-refractivity contribution in [3.63, 3.8) is 0 Å². The van der Waals surface area contributed by atoms with Crippen LogP contribution in [0.15, 0.2) is 45.6 Å². The monoisotopic (exact) mass is 452 g/mol. The molecule has 2 aromatic carbocycles. The summed E-state index contributed by atoms with van der Waals surface area (Å²) in [6, 6.07) is 9.90. The first-order valence-corrected chi connectivity index (χ1v) is 10.8. The topological polar surface area (TPSA) is 81.5 Å². The van der Waals surface area contributed by atoms with E-state index in [9.17, 15) is 9.59 Å². The first kappa shape index (κ1) is 22.7. The maximum atomic E-state index is 13.6. The Morgan fingerprint density at radius 2 is 1.79 bits per heavy atom. The number of amides is 1. The Morgan fingerprint density at radius 3 is 2.45 bits per heavy atom. The van der Waals surface area contributed by atoms with E-state index in [4.69, 9.17) is 18.6 Å². The van der Waals surface area contributed by atoms with Crippen LogP contribution in [0.3, 0.4) is 0 Å². The fourth-order valence-corrected chi connectivity index (χ4v) is 4.16. The highest BCUT2D eigenvalue weighted by Crippen LogP contribution is 2.41. The summed E-state index contributed by atoms with van der Waals surface area (Å²) in [5.41, 5.74) is 1.19. The largest absolute Gasteiger partial charge is 0.494 e. The number of ether oxygens (including phenoxy) is 3. The summed E-state index contributed by atoms with van der Waals surface area (Å²) in [7, 11) is 6.99. The van der Waals surface area contributed by atoms with Gasteiger partial charge in [0.1, 0.15) is 11.3 Å². The third kappa shape index (κ3) is 4.02. The Bertz CT molecular complexity index is 1250. The molecule has 0 fully saturated rings. The van der Waals surface area contributed by atoms with Crippen LogP contribution in [0.5, 0.6) is 17.2 Å². The van der Waals surface area contributed by atoms with Crippen LogP contribution < -0.4 is 19.6 Å². The van der Waals surface area contributed by atoms with Gasteiger partial charge in [-0.15, -0.1) is 0 Å². The van der Waals surface area contributed by atoms with Gasteiger partial charge in [-0.1, -0.05) is 6.07 Å². The van der Waals surface area contributed by atoms with Gasteiger partial charge in [0.05, 0.1) is 37.8 Å². The van der Waals surface area contributed by atoms with Gasteiger partial charge in [-0.05, 0) is 50.8 Å². The van der Waals surface area contributed by atoms with Gasteiger partial charge in [0, 0.05) is 19.2 Å². The Hall–Kier alpha value is -3.52. The molecule has 0 saturated carbocycles. The minimum Gasteiger partial charge on any atom is -0.494 e. The minimum atomic E-state index is -0.598. The van der Waals surface area contributed by atoms with Crippen molar-refractivity contribution in [2.75, 3.05) is 48.0 Å². The molecule has 0 saturated heterocycles. The van der Waals surface area contributed by atoms with Crippen molar-refractivity contribution < 1.29 is 23.4 Å². The highest BCUT2D eigenvalue weighted by molar-refractivity contribution is 5.99. The molecule has 3 aromatic rings. The standard InChI is InChI=1S/C25H28N2O6/c1-6-32-16-8-9-17-19(14-16)33-24-21(23(17)28)22(27(25(24)29)12-11-26(2)3)15-7-10-18(30-4)20(13-15)31-5/h7-10,13-14,22H,6,11-12H2,1-5H3. The lowest BCUT2D eigenvalue weighted by atomic mass is 9.98. The SMILES string of the molecule is CCOc1ccc2c(=O)c3c(oc2c1)C(=O)N(CCN(C)C)C3c1ccc(OC)c(OC)c1. The fourth-order valence-electron chi connectivity index (χ4n) is 4.16. The third-order valence-electron chi connectivity index (χ3n) is 5.76. The molecule has 1 amide bonds. The van der Waals surface area contributed by atoms with Crippen molar-refractivity contribution in [1.29, 1.82) is 0 Å². The van der Waals surface area contributed by atoms with E-state index >= 15 is 0 Å². The smallest absolute Gasteiger partial charge is 0.290 e. The fraction of sp³-hybridized carbons (Fsp3) is 0.360. The molecule has 1 aliphatic rings. The zero-order valence-electron chi connectivity index (χ0n) is 19.5. The van der Waals surface area contributed by atoms with Gasteiger partial charge >= 0.3 is 0 Å². The maximum absolute atomic E-state index is 13.6. The Labute approximate surface area is 192 Å². The molecule has 174 valence electrons. The molecule has 1 atom stereocenters. The second-order valence-corrected chi connectivity index (χ2v) is 8.08. The van der Waals surface area contributed by atoms with E-state index in [1.165, 1.54) is 0 Å². The molecule has 33 heavy (non-hydrogen) atoms. The zero-order chi connectivity index (χ0) is 23.7. The lowest BCUT2D eigenvalue weighted by molar-refractivity contribution is 0.0716. The average Bonchev–Trinajstić information content (AvgIpc) is 3.09. The molecule has 0 aliphatic carbocycles. The molecule has 8 nitrogen and oxygen atoms in total. The number of benzene rings is 2. The number of methoxy groups -OCH3 is 2. The van der Waals surface area contributed by atoms with Crippen molar-refractivity contribution in [2.45, 2.75) is 13.0 Å². The summed E-state index contributed by atoms with van der Waals surface area (Å²) in [5.74, 6) is 1.43. The molecular formula is C25H28N2O6. The molecule has 4 rings (SSSR count). The number of hydrogen-bond acceptors (Lipinski definition) is 7. The molecule has 0 radical (unpaired) electrons. The van der Waals surface area contributed by atoms with Gasteiger partial charge < -0.3 is 28.4 Å². The number of fused-ring (bicyclic) bond motifs is 2. The van der Waals surface area contributed by atoms with E-state index in [-0.39, 0.29) is 17.1 Å². The summed E-state index contributed by atoms with van der Waals surface area (Å²) in [4.78, 5) is 30.8. The minimum absolute atomic E-state index is 0.0692. The molecule has 0 N–H and O–H groups in total. The lowest BCUT2D eigenvalue weighted by Gasteiger charge is -2.27. The van der Waals surface area contributed by atoms with Crippen LogP contribution in [0.25, 0.3) is 11.0 Å². The van der Waals surface area contributed by atoms with E-state index in [1.807, 2.05) is 32.0 Å². The number of carbonyl (C=O) groups is 1. The van der Waals surface area contributed by atoms with Crippen LogP contribution in [0.2, 0.25) is 0 Å². The average molecular weight is 453 g/mol. The predicted octanol–water partition coefficient (Wildman–Crippen LogP) is 3.32. The van der Waals surface area contributed by atoms with E-state index in [1.54, 1.807) is 49.5 Å². The zero-order valence-corrected chi connectivity index (χ0v) is 19.5. The number of hydrogen-bond donors (Lipinski definition) is 0. The predicted molar refractivity (Wildman–Crippen MR) is 125 cm³/mol. The van der Waals surface area contributed by atoms with Crippen LogP contribution >= 0.6 is 0 Å². The normalized spacial score (nSPS) is 15.3. The second kappa shape index (κ2) is 9.15. The lowest BCUT2D eigenvalue weighted by Crippen LogP contribution is -2.35. The Morgan fingerprint density at radius 1 is 1.03 bits per heavy atom.